The summed E-state index contributed by atoms with van der Waals surface area (Å²) >= 11 is 1.58. The molecule has 0 aromatic rings. The van der Waals surface area contributed by atoms with Crippen LogP contribution >= 0.6 is 11.8 Å². The molecule has 2 aliphatic heterocycles. The topological polar surface area (TPSA) is 66.5 Å². The van der Waals surface area contributed by atoms with E-state index < -0.39 is 6.04 Å². The molecular formula is C10H13N2O3S. The minimum atomic E-state index is -0.492. The van der Waals surface area contributed by atoms with Crippen LogP contribution in [0.1, 0.15) is 19.8 Å². The van der Waals surface area contributed by atoms with Crippen molar-refractivity contribution in [2.75, 3.05) is 6.54 Å². The molecule has 0 spiro atoms. The quantitative estimate of drug-likeness (QED) is 0.684. The highest BCUT2D eigenvalue weighted by Crippen LogP contribution is 2.43. The van der Waals surface area contributed by atoms with Gasteiger partial charge in [-0.05, 0) is 0 Å². The van der Waals surface area contributed by atoms with Crippen LogP contribution in [0.2, 0.25) is 0 Å². The van der Waals surface area contributed by atoms with E-state index in [2.05, 4.69) is 5.32 Å². The zero-order chi connectivity index (χ0) is 11.7. The molecule has 2 unspecified atom stereocenters. The van der Waals surface area contributed by atoms with Gasteiger partial charge in [-0.25, -0.2) is 0 Å². The van der Waals surface area contributed by atoms with Crippen LogP contribution < -0.4 is 5.32 Å². The molecule has 0 bridgehead atoms. The molecule has 1 N–H and O–H groups in total. The number of carbonyl (C=O) groups excluding carboxylic acids is 3. The maximum Gasteiger partial charge on any atom is 0.227 e. The van der Waals surface area contributed by atoms with E-state index in [0.29, 0.717) is 19.4 Å². The molecule has 2 fully saturated rings. The summed E-state index contributed by atoms with van der Waals surface area (Å²) < 4.78 is 0. The number of rotatable bonds is 4. The smallest absolute Gasteiger partial charge is 0.227 e. The summed E-state index contributed by atoms with van der Waals surface area (Å²) in [5.74, 6) is -0.0269. The summed E-state index contributed by atoms with van der Waals surface area (Å²) in [5.41, 5.74) is 0. The van der Waals surface area contributed by atoms with E-state index in [9.17, 15) is 14.4 Å². The standard InChI is InChI=1S/C10H13N2O3S/c1-2-8(14)11-4-7-6(5-13)12-9(15)3-10(12)16-7/h6-7,10H,2-4H2,1H3,(H,11,14)/t6?,7?,10-/m1/s1. The largest absolute Gasteiger partial charge is 0.355 e. The second kappa shape index (κ2) is 4.45. The van der Waals surface area contributed by atoms with Gasteiger partial charge in [0.1, 0.15) is 6.04 Å². The number of nitrogens with one attached hydrogen (secondary N) is 1. The van der Waals surface area contributed by atoms with Gasteiger partial charge in [-0.2, -0.15) is 0 Å². The van der Waals surface area contributed by atoms with E-state index in [4.69, 9.17) is 0 Å². The minimum Gasteiger partial charge on any atom is -0.355 e. The number of fused-ring (bicyclic) bond motifs is 1. The van der Waals surface area contributed by atoms with Crippen LogP contribution in [0.15, 0.2) is 0 Å². The lowest BCUT2D eigenvalue weighted by Crippen LogP contribution is -2.53. The van der Waals surface area contributed by atoms with Gasteiger partial charge in [-0.1, -0.05) is 6.92 Å². The minimum absolute atomic E-state index is 0.00941. The summed E-state index contributed by atoms with van der Waals surface area (Å²) in [6.07, 6.45) is 2.83. The number of nitrogens with zero attached hydrogens (tertiary/aromatic N) is 1. The van der Waals surface area contributed by atoms with Crippen molar-refractivity contribution in [3.63, 3.8) is 0 Å². The Labute approximate surface area is 97.9 Å². The predicted molar refractivity (Wildman–Crippen MR) is 59.4 cm³/mol. The molecule has 2 saturated heterocycles. The monoisotopic (exact) mass is 241 g/mol. The molecule has 1 radical (unpaired) electrons. The lowest BCUT2D eigenvalue weighted by atomic mass is 10.1. The molecule has 6 heteroatoms. The van der Waals surface area contributed by atoms with E-state index in [1.54, 1.807) is 23.6 Å². The predicted octanol–water partition coefficient (Wildman–Crippen LogP) is -0.335. The molecule has 2 amide bonds. The van der Waals surface area contributed by atoms with Crippen LogP contribution in [0, 0.1) is 0 Å². The molecule has 0 saturated carbocycles. The van der Waals surface area contributed by atoms with Crippen molar-refractivity contribution in [1.29, 1.82) is 0 Å². The number of thioether (sulfide) groups is 1. The van der Waals surface area contributed by atoms with Crippen molar-refractivity contribution >= 4 is 29.9 Å². The zero-order valence-electron chi connectivity index (χ0n) is 8.93. The van der Waals surface area contributed by atoms with Crippen molar-refractivity contribution in [3.05, 3.63) is 0 Å². The molecule has 2 aliphatic rings. The number of β-lactam (4-membered cyclic amide) rings is 1. The van der Waals surface area contributed by atoms with Gasteiger partial charge in [-0.15, -0.1) is 11.8 Å². The van der Waals surface area contributed by atoms with Gasteiger partial charge < -0.3 is 10.2 Å². The van der Waals surface area contributed by atoms with Crippen LogP contribution in [-0.2, 0) is 14.4 Å². The van der Waals surface area contributed by atoms with Gasteiger partial charge in [0.05, 0.1) is 17.0 Å². The maximum absolute atomic E-state index is 11.3. The molecule has 2 rings (SSSR count). The van der Waals surface area contributed by atoms with E-state index in [1.165, 1.54) is 0 Å². The van der Waals surface area contributed by atoms with Gasteiger partial charge in [0, 0.05) is 13.0 Å². The van der Waals surface area contributed by atoms with Crippen LogP contribution in [0.4, 0.5) is 0 Å². The lowest BCUT2D eigenvalue weighted by Gasteiger charge is -2.35. The normalized spacial score (nSPS) is 31.9. The van der Waals surface area contributed by atoms with Crippen molar-refractivity contribution in [3.8, 4) is 0 Å². The first kappa shape index (κ1) is 11.4. The molecule has 2 heterocycles. The highest BCUT2D eigenvalue weighted by molar-refractivity contribution is 8.01. The molecule has 0 aliphatic carbocycles. The Hall–Kier alpha value is -1.04. The first-order chi connectivity index (χ1) is 7.67. The van der Waals surface area contributed by atoms with Gasteiger partial charge >= 0.3 is 0 Å². The average molecular weight is 241 g/mol. The average Bonchev–Trinajstić information content (AvgIpc) is 2.57. The van der Waals surface area contributed by atoms with Crippen LogP contribution in [-0.4, -0.2) is 46.2 Å². The third-order valence-electron chi connectivity index (χ3n) is 2.87. The van der Waals surface area contributed by atoms with Crippen molar-refractivity contribution in [1.82, 2.24) is 10.2 Å². The molecule has 0 aromatic heterocycles. The number of carbonyl (C=O) groups is 2. The highest BCUT2D eigenvalue weighted by atomic mass is 32.2. The van der Waals surface area contributed by atoms with Crippen molar-refractivity contribution in [2.45, 2.75) is 36.4 Å². The second-order valence-corrected chi connectivity index (χ2v) is 5.28. The number of hydrogen-bond acceptors (Lipinski definition) is 4. The van der Waals surface area contributed by atoms with Crippen molar-refractivity contribution in [2.24, 2.45) is 0 Å². The Balaban J connectivity index is 1.93. The second-order valence-electron chi connectivity index (χ2n) is 3.85. The van der Waals surface area contributed by atoms with Gasteiger partial charge in [-0.3, -0.25) is 14.4 Å². The molecule has 3 atom stereocenters. The third-order valence-corrected chi connectivity index (χ3v) is 4.36. The van der Waals surface area contributed by atoms with Gasteiger partial charge in [0.25, 0.3) is 0 Å². The van der Waals surface area contributed by atoms with Crippen LogP contribution in [0.5, 0.6) is 0 Å². The molecule has 5 nitrogen and oxygen atoms in total. The number of amides is 2. The summed E-state index contributed by atoms with van der Waals surface area (Å²) in [6.45, 7) is 2.20. The van der Waals surface area contributed by atoms with Crippen LogP contribution in [0.3, 0.4) is 0 Å². The Morgan fingerprint density at radius 1 is 1.69 bits per heavy atom. The van der Waals surface area contributed by atoms with E-state index in [1.807, 2.05) is 6.29 Å². The van der Waals surface area contributed by atoms with E-state index in [0.717, 1.165) is 0 Å². The first-order valence-corrected chi connectivity index (χ1v) is 6.22. The summed E-state index contributed by atoms with van der Waals surface area (Å²) in [6, 6.07) is -0.492. The molecule has 87 valence electrons. The maximum atomic E-state index is 11.3. The Bertz CT molecular complexity index is 334. The SMILES string of the molecule is CCC(=O)NCC1S[C@@H]2CC(=O)N2C1[C]=O. The fraction of sp³-hybridized carbons (Fsp3) is 0.700. The van der Waals surface area contributed by atoms with E-state index >= 15 is 0 Å². The fourth-order valence-electron chi connectivity index (χ4n) is 1.94. The fourth-order valence-corrected chi connectivity index (χ4v) is 3.47. The third kappa shape index (κ3) is 1.81. The van der Waals surface area contributed by atoms with Crippen molar-refractivity contribution < 1.29 is 14.4 Å². The Morgan fingerprint density at radius 3 is 3.00 bits per heavy atom. The molecule has 16 heavy (non-hydrogen) atoms. The zero-order valence-corrected chi connectivity index (χ0v) is 9.75. The van der Waals surface area contributed by atoms with E-state index in [-0.39, 0.29) is 22.4 Å². The van der Waals surface area contributed by atoms with Gasteiger partial charge in [0.2, 0.25) is 18.1 Å². The lowest BCUT2D eigenvalue weighted by molar-refractivity contribution is -0.141. The summed E-state index contributed by atoms with van der Waals surface area (Å²) in [7, 11) is 0. The molecule has 0 aromatic carbocycles. The number of hydrogen-bond donors (Lipinski definition) is 1. The summed E-state index contributed by atoms with van der Waals surface area (Å²) in [5, 5.41) is 2.81. The van der Waals surface area contributed by atoms with Gasteiger partial charge in [0.15, 0.2) is 0 Å². The molecular weight excluding hydrogens is 228 g/mol. The summed E-state index contributed by atoms with van der Waals surface area (Å²) in [4.78, 5) is 34.8. The Kier molecular flexibility index (Phi) is 3.18. The highest BCUT2D eigenvalue weighted by Gasteiger charge is 2.51. The van der Waals surface area contributed by atoms with Crippen LogP contribution in [0.25, 0.3) is 0 Å². The Morgan fingerprint density at radius 2 is 2.44 bits per heavy atom. The first-order valence-electron chi connectivity index (χ1n) is 5.28.